The van der Waals surface area contributed by atoms with Gasteiger partial charge in [0, 0.05) is 0 Å². The normalized spacial score (nSPS) is 20.8. The second-order valence-electron chi connectivity index (χ2n) is 2.89. The molecule has 0 bridgehead atoms. The molecule has 1 aliphatic carbocycles. The molecule has 0 N–H and O–H groups in total. The van der Waals surface area contributed by atoms with Crippen molar-refractivity contribution in [1.29, 1.82) is 0 Å². The Labute approximate surface area is 67.7 Å². The minimum atomic E-state index is -4.27. The predicted octanol–water partition coefficient (Wildman–Crippen LogP) is 2.80. The van der Waals surface area contributed by atoms with Crippen molar-refractivity contribution in [3.63, 3.8) is 0 Å². The van der Waals surface area contributed by atoms with Crippen molar-refractivity contribution >= 4 is 0 Å². The molecule has 0 aromatic rings. The van der Waals surface area contributed by atoms with Crippen LogP contribution in [0.15, 0.2) is 0 Å². The highest BCUT2D eigenvalue weighted by Crippen LogP contribution is 2.31. The van der Waals surface area contributed by atoms with Crippen molar-refractivity contribution in [1.82, 2.24) is 0 Å². The molecule has 1 nitrogen and oxygen atoms in total. The quantitative estimate of drug-likeness (QED) is 0.616. The standard InChI is InChI=1S/C7H10F4O/c8-6(9)7(10,11)12-5-3-1-2-4-5/h5-6H,1-4H2. The van der Waals surface area contributed by atoms with Gasteiger partial charge in [-0.1, -0.05) is 12.8 Å². The van der Waals surface area contributed by atoms with Crippen molar-refractivity contribution in [2.45, 2.75) is 44.3 Å². The number of hydrogen-bond donors (Lipinski definition) is 0. The lowest BCUT2D eigenvalue weighted by molar-refractivity contribution is -0.317. The SMILES string of the molecule is FC(F)C(F)(F)OC1CCCC1. The van der Waals surface area contributed by atoms with Crippen LogP contribution < -0.4 is 0 Å². The summed E-state index contributed by atoms with van der Waals surface area (Å²) in [6.07, 6.45) is -6.19. The average molecular weight is 186 g/mol. The summed E-state index contributed by atoms with van der Waals surface area (Å²) in [5, 5.41) is 0. The number of rotatable bonds is 3. The van der Waals surface area contributed by atoms with Gasteiger partial charge < -0.3 is 4.74 Å². The van der Waals surface area contributed by atoms with Gasteiger partial charge in [0.05, 0.1) is 6.10 Å². The van der Waals surface area contributed by atoms with E-state index in [0.29, 0.717) is 12.8 Å². The maximum absolute atomic E-state index is 12.2. The molecule has 12 heavy (non-hydrogen) atoms. The third-order valence-corrected chi connectivity index (χ3v) is 1.88. The Hall–Kier alpha value is -0.320. The third-order valence-electron chi connectivity index (χ3n) is 1.88. The summed E-state index contributed by atoms with van der Waals surface area (Å²) >= 11 is 0. The molecule has 0 unspecified atom stereocenters. The molecule has 1 aliphatic rings. The number of halogens is 4. The lowest BCUT2D eigenvalue weighted by Gasteiger charge is -2.19. The third kappa shape index (κ3) is 2.33. The molecule has 0 heterocycles. The summed E-state index contributed by atoms with van der Waals surface area (Å²) < 4.78 is 51.6. The van der Waals surface area contributed by atoms with Crippen LogP contribution in [0.5, 0.6) is 0 Å². The maximum atomic E-state index is 12.2. The predicted molar refractivity (Wildman–Crippen MR) is 34.3 cm³/mol. The van der Waals surface area contributed by atoms with Gasteiger partial charge in [-0.3, -0.25) is 0 Å². The summed E-state index contributed by atoms with van der Waals surface area (Å²) in [5.41, 5.74) is 0. The van der Waals surface area contributed by atoms with Gasteiger partial charge in [0.25, 0.3) is 0 Å². The van der Waals surface area contributed by atoms with Gasteiger partial charge in [-0.2, -0.15) is 8.78 Å². The fraction of sp³-hybridized carbons (Fsp3) is 1.00. The average Bonchev–Trinajstić information content (AvgIpc) is 2.38. The van der Waals surface area contributed by atoms with Crippen molar-refractivity contribution in [2.75, 3.05) is 0 Å². The zero-order valence-electron chi connectivity index (χ0n) is 6.40. The van der Waals surface area contributed by atoms with E-state index >= 15 is 0 Å². The van der Waals surface area contributed by atoms with Crippen LogP contribution in [0.25, 0.3) is 0 Å². The van der Waals surface area contributed by atoms with Crippen molar-refractivity contribution in [3.05, 3.63) is 0 Å². The Morgan fingerprint density at radius 1 is 1.17 bits per heavy atom. The first-order valence-electron chi connectivity index (χ1n) is 3.86. The minimum absolute atomic E-state index is 0.461. The van der Waals surface area contributed by atoms with Crippen LogP contribution in [0.2, 0.25) is 0 Å². The lowest BCUT2D eigenvalue weighted by atomic mass is 10.3. The minimum Gasteiger partial charge on any atom is -0.313 e. The van der Waals surface area contributed by atoms with Gasteiger partial charge in [-0.15, -0.1) is 0 Å². The van der Waals surface area contributed by atoms with E-state index in [1.807, 2.05) is 0 Å². The van der Waals surface area contributed by atoms with Crippen molar-refractivity contribution < 1.29 is 22.3 Å². The van der Waals surface area contributed by atoms with Gasteiger partial charge in [0.15, 0.2) is 0 Å². The van der Waals surface area contributed by atoms with Crippen LogP contribution in [0, 0.1) is 0 Å². The number of ether oxygens (including phenoxy) is 1. The highest BCUT2D eigenvalue weighted by molar-refractivity contribution is 4.69. The second kappa shape index (κ2) is 3.60. The van der Waals surface area contributed by atoms with Crippen LogP contribution in [-0.2, 0) is 4.74 Å². The molecule has 72 valence electrons. The zero-order chi connectivity index (χ0) is 9.19. The Kier molecular flexibility index (Phi) is 2.93. The first kappa shape index (κ1) is 9.77. The molecule has 0 atom stereocenters. The lowest BCUT2D eigenvalue weighted by Crippen LogP contribution is -2.33. The molecule has 0 spiro atoms. The van der Waals surface area contributed by atoms with Gasteiger partial charge in [0.1, 0.15) is 0 Å². The largest absolute Gasteiger partial charge is 0.416 e. The maximum Gasteiger partial charge on any atom is 0.416 e. The Bertz CT molecular complexity index is 142. The molecular formula is C7H10F4O. The molecule has 0 aromatic carbocycles. The van der Waals surface area contributed by atoms with Gasteiger partial charge >= 0.3 is 12.5 Å². The second-order valence-corrected chi connectivity index (χ2v) is 2.89. The smallest absolute Gasteiger partial charge is 0.313 e. The first-order valence-corrected chi connectivity index (χ1v) is 3.86. The van der Waals surface area contributed by atoms with E-state index in [4.69, 9.17) is 0 Å². The van der Waals surface area contributed by atoms with E-state index in [9.17, 15) is 17.6 Å². The molecule has 0 radical (unpaired) electrons. The molecule has 1 rings (SSSR count). The highest BCUT2D eigenvalue weighted by Gasteiger charge is 2.44. The highest BCUT2D eigenvalue weighted by atomic mass is 19.3. The Morgan fingerprint density at radius 3 is 2.08 bits per heavy atom. The van der Waals surface area contributed by atoms with E-state index in [0.717, 1.165) is 12.8 Å². The molecule has 1 saturated carbocycles. The Balaban J connectivity index is 2.37. The van der Waals surface area contributed by atoms with E-state index in [1.165, 1.54) is 0 Å². The molecule has 5 heteroatoms. The summed E-state index contributed by atoms with van der Waals surface area (Å²) in [5.74, 6) is 0. The summed E-state index contributed by atoms with van der Waals surface area (Å²) in [6, 6.07) is 0. The molecule has 0 amide bonds. The number of alkyl halides is 4. The van der Waals surface area contributed by atoms with Crippen molar-refractivity contribution in [3.8, 4) is 0 Å². The van der Waals surface area contributed by atoms with Gasteiger partial charge in [-0.25, -0.2) is 8.78 Å². The fourth-order valence-electron chi connectivity index (χ4n) is 1.28. The molecular weight excluding hydrogens is 176 g/mol. The number of hydrogen-bond acceptors (Lipinski definition) is 1. The molecule has 0 saturated heterocycles. The molecule has 1 fully saturated rings. The monoisotopic (exact) mass is 186 g/mol. The van der Waals surface area contributed by atoms with Crippen molar-refractivity contribution in [2.24, 2.45) is 0 Å². The fourth-order valence-corrected chi connectivity index (χ4v) is 1.28. The van der Waals surface area contributed by atoms with Crippen LogP contribution in [-0.4, -0.2) is 18.6 Å². The van der Waals surface area contributed by atoms with E-state index in [2.05, 4.69) is 4.74 Å². The van der Waals surface area contributed by atoms with E-state index < -0.39 is 18.6 Å². The molecule has 0 aliphatic heterocycles. The summed E-state index contributed by atoms with van der Waals surface area (Å²) in [6.45, 7) is 0. The van der Waals surface area contributed by atoms with Crippen LogP contribution in [0.1, 0.15) is 25.7 Å². The Morgan fingerprint density at radius 2 is 1.67 bits per heavy atom. The summed E-state index contributed by atoms with van der Waals surface area (Å²) in [7, 11) is 0. The topological polar surface area (TPSA) is 9.23 Å². The van der Waals surface area contributed by atoms with E-state index in [-0.39, 0.29) is 0 Å². The first-order chi connectivity index (χ1) is 5.52. The summed E-state index contributed by atoms with van der Waals surface area (Å²) in [4.78, 5) is 0. The molecule has 0 aromatic heterocycles. The zero-order valence-corrected chi connectivity index (χ0v) is 6.40. The van der Waals surface area contributed by atoms with E-state index in [1.54, 1.807) is 0 Å². The van der Waals surface area contributed by atoms with Crippen LogP contribution >= 0.6 is 0 Å². The van der Waals surface area contributed by atoms with Gasteiger partial charge in [-0.05, 0) is 12.8 Å². The van der Waals surface area contributed by atoms with Crippen LogP contribution in [0.3, 0.4) is 0 Å². The van der Waals surface area contributed by atoms with Gasteiger partial charge in [0.2, 0.25) is 0 Å². The van der Waals surface area contributed by atoms with Crippen LogP contribution in [0.4, 0.5) is 17.6 Å².